The summed E-state index contributed by atoms with van der Waals surface area (Å²) < 4.78 is 5.63. The highest BCUT2D eigenvalue weighted by Crippen LogP contribution is 2.56. The standard InChI is InChI=1S/C26H35N3O2/c1-19-18-21(12-11-20-8-4-5-9-20)10-6-7-15-25(16-13-22(31-3)14-17-25)26(19)23(30)29(2)24(27)28-26/h6,10,18,20,22H,1,4-5,7-9,13-17H2,2-3H3,(H2,27,28)/b10-6-,21-18+. The molecular weight excluding hydrogens is 386 g/mol. The predicted octanol–water partition coefficient (Wildman–Crippen LogP) is 4.11. The molecule has 2 fully saturated rings. The second-order valence-electron chi connectivity index (χ2n) is 9.58. The molecule has 0 aromatic heterocycles. The fourth-order valence-electron chi connectivity index (χ4n) is 5.95. The van der Waals surface area contributed by atoms with E-state index in [0.29, 0.717) is 11.5 Å². The highest BCUT2D eigenvalue weighted by molar-refractivity contribution is 6.09. The number of carbonyl (C=O) groups is 1. The normalized spacial score (nSPS) is 37.0. The Kier molecular flexibility index (Phi) is 6.12. The average Bonchev–Trinajstić information content (AvgIpc) is 3.38. The van der Waals surface area contributed by atoms with E-state index in [4.69, 9.17) is 15.5 Å². The van der Waals surface area contributed by atoms with Gasteiger partial charge in [-0.2, -0.15) is 0 Å². The Balaban J connectivity index is 1.76. The summed E-state index contributed by atoms with van der Waals surface area (Å²) in [5.74, 6) is 7.52. The summed E-state index contributed by atoms with van der Waals surface area (Å²) in [4.78, 5) is 20.1. The van der Waals surface area contributed by atoms with E-state index in [2.05, 4.69) is 30.6 Å². The number of fused-ring (bicyclic) bond motifs is 1. The number of methoxy groups -OCH3 is 1. The SMILES string of the molecule is C=C1/C=C(C#CC2CCCC2)\C=C/CCC2(CCC(OC)CC2)C12N=C(N)N(C)C2=O. The van der Waals surface area contributed by atoms with Crippen molar-refractivity contribution in [3.05, 3.63) is 36.0 Å². The molecule has 1 atom stereocenters. The zero-order valence-corrected chi connectivity index (χ0v) is 19.0. The maximum atomic E-state index is 13.7. The first-order chi connectivity index (χ1) is 14.9. The first-order valence-electron chi connectivity index (χ1n) is 11.7. The fraction of sp³-hybridized carbons (Fsp3) is 0.615. The lowest BCUT2D eigenvalue weighted by Crippen LogP contribution is -2.56. The third kappa shape index (κ3) is 3.76. The fourth-order valence-corrected chi connectivity index (χ4v) is 5.95. The number of guanidine groups is 1. The molecule has 166 valence electrons. The zero-order chi connectivity index (χ0) is 22.1. The number of aliphatic imine (C=N–C) groups is 1. The smallest absolute Gasteiger partial charge is 0.262 e. The number of amides is 1. The third-order valence-corrected chi connectivity index (χ3v) is 7.89. The van der Waals surface area contributed by atoms with Gasteiger partial charge in [0.25, 0.3) is 5.91 Å². The van der Waals surface area contributed by atoms with E-state index in [1.807, 2.05) is 6.08 Å². The van der Waals surface area contributed by atoms with E-state index >= 15 is 0 Å². The molecule has 4 aliphatic rings. The van der Waals surface area contributed by atoms with Crippen LogP contribution in [0.2, 0.25) is 0 Å². The lowest BCUT2D eigenvalue weighted by Gasteiger charge is -2.49. The van der Waals surface area contributed by atoms with Gasteiger partial charge in [-0.25, -0.2) is 4.99 Å². The van der Waals surface area contributed by atoms with Gasteiger partial charge in [-0.3, -0.25) is 9.69 Å². The van der Waals surface area contributed by atoms with Crippen molar-refractivity contribution in [2.75, 3.05) is 14.2 Å². The molecule has 5 heteroatoms. The summed E-state index contributed by atoms with van der Waals surface area (Å²) >= 11 is 0. The van der Waals surface area contributed by atoms with Gasteiger partial charge in [-0.15, -0.1) is 0 Å². The molecule has 31 heavy (non-hydrogen) atoms. The summed E-state index contributed by atoms with van der Waals surface area (Å²) in [6.45, 7) is 4.41. The quantitative estimate of drug-likeness (QED) is 0.648. The largest absolute Gasteiger partial charge is 0.381 e. The molecule has 0 radical (unpaired) electrons. The van der Waals surface area contributed by atoms with E-state index in [1.54, 1.807) is 14.2 Å². The first kappa shape index (κ1) is 21.9. The maximum Gasteiger partial charge on any atom is 0.262 e. The van der Waals surface area contributed by atoms with Crippen LogP contribution >= 0.6 is 0 Å². The summed E-state index contributed by atoms with van der Waals surface area (Å²) in [6.07, 6.45) is 16.7. The van der Waals surface area contributed by atoms with Crippen molar-refractivity contribution >= 4 is 11.9 Å². The van der Waals surface area contributed by atoms with Crippen LogP contribution in [0.5, 0.6) is 0 Å². The van der Waals surface area contributed by atoms with Crippen molar-refractivity contribution in [3.8, 4) is 11.8 Å². The van der Waals surface area contributed by atoms with E-state index in [1.165, 1.54) is 30.6 Å². The van der Waals surface area contributed by atoms with Crippen molar-refractivity contribution in [1.82, 2.24) is 4.90 Å². The van der Waals surface area contributed by atoms with Crippen molar-refractivity contribution in [2.24, 2.45) is 22.1 Å². The molecule has 0 bridgehead atoms. The molecule has 3 aliphatic carbocycles. The van der Waals surface area contributed by atoms with Crippen LogP contribution in [0.4, 0.5) is 0 Å². The lowest BCUT2D eigenvalue weighted by molar-refractivity contribution is -0.135. The van der Waals surface area contributed by atoms with E-state index in [0.717, 1.165) is 44.1 Å². The summed E-state index contributed by atoms with van der Waals surface area (Å²) in [6, 6.07) is 0. The molecule has 5 nitrogen and oxygen atoms in total. The Morgan fingerprint density at radius 2 is 1.94 bits per heavy atom. The molecule has 2 spiro atoms. The monoisotopic (exact) mass is 421 g/mol. The van der Waals surface area contributed by atoms with Gasteiger partial charge in [0.2, 0.25) is 0 Å². The van der Waals surface area contributed by atoms with Gasteiger partial charge in [0.05, 0.1) is 6.10 Å². The molecule has 1 heterocycles. The van der Waals surface area contributed by atoms with Crippen LogP contribution < -0.4 is 5.73 Å². The number of allylic oxidation sites excluding steroid dienone is 3. The number of hydrogen-bond donors (Lipinski definition) is 1. The maximum absolute atomic E-state index is 13.7. The van der Waals surface area contributed by atoms with Gasteiger partial charge in [-0.1, -0.05) is 43.4 Å². The molecule has 2 N–H and O–H groups in total. The molecule has 0 aromatic carbocycles. The van der Waals surface area contributed by atoms with Crippen LogP contribution in [0.1, 0.15) is 64.2 Å². The van der Waals surface area contributed by atoms with Crippen molar-refractivity contribution < 1.29 is 9.53 Å². The minimum absolute atomic E-state index is 0.0629. The van der Waals surface area contributed by atoms with Crippen LogP contribution in [0.25, 0.3) is 0 Å². The highest BCUT2D eigenvalue weighted by Gasteiger charge is 2.62. The van der Waals surface area contributed by atoms with Crippen LogP contribution in [0, 0.1) is 23.2 Å². The van der Waals surface area contributed by atoms with Crippen LogP contribution in [0.15, 0.2) is 40.9 Å². The molecule has 1 aliphatic heterocycles. The number of nitrogens with two attached hydrogens (primary N) is 1. The Morgan fingerprint density at radius 1 is 1.23 bits per heavy atom. The topological polar surface area (TPSA) is 67.9 Å². The number of nitrogens with zero attached hydrogens (tertiary/aromatic N) is 2. The molecule has 1 amide bonds. The van der Waals surface area contributed by atoms with E-state index < -0.39 is 5.54 Å². The molecule has 2 saturated carbocycles. The first-order valence-corrected chi connectivity index (χ1v) is 11.7. The second-order valence-corrected chi connectivity index (χ2v) is 9.58. The predicted molar refractivity (Wildman–Crippen MR) is 124 cm³/mol. The van der Waals surface area contributed by atoms with Gasteiger partial charge in [0, 0.05) is 31.1 Å². The van der Waals surface area contributed by atoms with E-state index in [-0.39, 0.29) is 23.4 Å². The summed E-state index contributed by atoms with van der Waals surface area (Å²) in [7, 11) is 3.49. The van der Waals surface area contributed by atoms with Crippen molar-refractivity contribution in [2.45, 2.75) is 75.9 Å². The van der Waals surface area contributed by atoms with Crippen LogP contribution in [-0.2, 0) is 9.53 Å². The number of hydrogen-bond acceptors (Lipinski definition) is 4. The number of likely N-dealkylation sites (N-methyl/N-ethyl adjacent to an activating group) is 1. The number of carbonyl (C=O) groups excluding carboxylic acids is 1. The lowest BCUT2D eigenvalue weighted by atomic mass is 9.56. The Labute approximate surface area is 186 Å². The highest BCUT2D eigenvalue weighted by atomic mass is 16.5. The third-order valence-electron chi connectivity index (χ3n) is 7.89. The van der Waals surface area contributed by atoms with Gasteiger partial charge in [-0.05, 0) is 63.0 Å². The molecular formula is C26H35N3O2. The Bertz CT molecular complexity index is 889. The molecule has 0 aromatic rings. The molecule has 0 saturated heterocycles. The van der Waals surface area contributed by atoms with Gasteiger partial charge < -0.3 is 10.5 Å². The minimum atomic E-state index is -1.06. The van der Waals surface area contributed by atoms with E-state index in [9.17, 15) is 4.79 Å². The number of ether oxygens (including phenoxy) is 1. The summed E-state index contributed by atoms with van der Waals surface area (Å²) in [5.41, 5.74) is 6.46. The van der Waals surface area contributed by atoms with Crippen molar-refractivity contribution in [3.63, 3.8) is 0 Å². The Morgan fingerprint density at radius 3 is 2.55 bits per heavy atom. The van der Waals surface area contributed by atoms with Gasteiger partial charge in [0.1, 0.15) is 0 Å². The second kappa shape index (κ2) is 8.67. The van der Waals surface area contributed by atoms with Crippen LogP contribution in [0.3, 0.4) is 0 Å². The van der Waals surface area contributed by atoms with Gasteiger partial charge in [0.15, 0.2) is 11.5 Å². The molecule has 1 unspecified atom stereocenters. The Hall–Kier alpha value is -2.32. The summed E-state index contributed by atoms with van der Waals surface area (Å²) in [5, 5.41) is 0. The number of rotatable bonds is 1. The van der Waals surface area contributed by atoms with Crippen LogP contribution in [-0.4, -0.2) is 42.6 Å². The molecule has 4 rings (SSSR count). The average molecular weight is 422 g/mol. The van der Waals surface area contributed by atoms with Crippen molar-refractivity contribution in [1.29, 1.82) is 0 Å². The van der Waals surface area contributed by atoms with Gasteiger partial charge >= 0.3 is 0 Å². The zero-order valence-electron chi connectivity index (χ0n) is 19.0. The minimum Gasteiger partial charge on any atom is -0.381 e.